The Balaban J connectivity index is 1.36. The highest BCUT2D eigenvalue weighted by molar-refractivity contribution is 5.98. The molecule has 2 aliphatic heterocycles. The summed E-state index contributed by atoms with van der Waals surface area (Å²) in [7, 11) is 0. The van der Waals surface area contributed by atoms with Crippen molar-refractivity contribution in [3.63, 3.8) is 0 Å². The average Bonchev–Trinajstić information content (AvgIpc) is 3.35. The number of carbonyl (C=O) groups excluding carboxylic acids is 3. The molecule has 3 amide bonds. The van der Waals surface area contributed by atoms with E-state index in [-0.39, 0.29) is 68.1 Å². The summed E-state index contributed by atoms with van der Waals surface area (Å²) in [5.41, 5.74) is 1.11. The average molecular weight is 544 g/mol. The third kappa shape index (κ3) is 5.41. The van der Waals surface area contributed by atoms with Crippen molar-refractivity contribution in [1.29, 1.82) is 0 Å². The summed E-state index contributed by atoms with van der Waals surface area (Å²) in [6, 6.07) is 17.3. The van der Waals surface area contributed by atoms with Crippen molar-refractivity contribution in [2.45, 2.75) is 38.1 Å². The molecule has 11 nitrogen and oxygen atoms in total. The van der Waals surface area contributed by atoms with E-state index >= 15 is 0 Å². The minimum Gasteiger partial charge on any atom is -0.353 e. The van der Waals surface area contributed by atoms with Gasteiger partial charge in [0.25, 0.3) is 17.5 Å². The Morgan fingerprint density at radius 2 is 1.77 bits per heavy atom. The van der Waals surface area contributed by atoms with Crippen LogP contribution in [0.25, 0.3) is 0 Å². The zero-order valence-electron chi connectivity index (χ0n) is 22.0. The molecule has 0 aliphatic carbocycles. The van der Waals surface area contributed by atoms with Gasteiger partial charge < -0.3 is 15.0 Å². The SMILES string of the molecule is Cc1ccc(C(=O)N2C(C(=O)NCc3ccccn3)COC23CCN(C(=O)c2cccc([N+](=O)[O-])c2)CC3)cc1. The summed E-state index contributed by atoms with van der Waals surface area (Å²) in [5.74, 6) is -1.01. The summed E-state index contributed by atoms with van der Waals surface area (Å²) in [5, 5.41) is 14.0. The molecule has 40 heavy (non-hydrogen) atoms. The number of rotatable bonds is 6. The number of aryl methyl sites for hydroxylation is 1. The lowest BCUT2D eigenvalue weighted by Gasteiger charge is -2.44. The van der Waals surface area contributed by atoms with Crippen LogP contribution in [-0.2, 0) is 16.1 Å². The summed E-state index contributed by atoms with van der Waals surface area (Å²) in [6.45, 7) is 2.66. The molecule has 3 aromatic rings. The molecule has 2 fully saturated rings. The van der Waals surface area contributed by atoms with Gasteiger partial charge in [0.1, 0.15) is 11.8 Å². The van der Waals surface area contributed by atoms with Gasteiger partial charge in [-0.05, 0) is 37.3 Å². The number of hydrogen-bond acceptors (Lipinski definition) is 7. The third-order valence-electron chi connectivity index (χ3n) is 7.39. The Labute approximate surface area is 230 Å². The number of non-ortho nitro benzene ring substituents is 1. The molecule has 0 radical (unpaired) electrons. The fourth-order valence-corrected chi connectivity index (χ4v) is 5.19. The van der Waals surface area contributed by atoms with Gasteiger partial charge in [-0.15, -0.1) is 0 Å². The van der Waals surface area contributed by atoms with Crippen LogP contribution in [0, 0.1) is 17.0 Å². The smallest absolute Gasteiger partial charge is 0.270 e. The number of nitrogens with one attached hydrogen (secondary N) is 1. The number of hydrogen-bond donors (Lipinski definition) is 1. The van der Waals surface area contributed by atoms with Gasteiger partial charge in [-0.3, -0.25) is 34.4 Å². The van der Waals surface area contributed by atoms with Crippen molar-refractivity contribution >= 4 is 23.4 Å². The molecule has 5 rings (SSSR count). The van der Waals surface area contributed by atoms with Gasteiger partial charge in [-0.1, -0.05) is 29.8 Å². The van der Waals surface area contributed by atoms with Crippen molar-refractivity contribution in [2.75, 3.05) is 19.7 Å². The molecule has 1 atom stereocenters. The number of nitro benzene ring substituents is 1. The van der Waals surface area contributed by atoms with Crippen LogP contribution in [0.5, 0.6) is 0 Å². The number of nitrogens with zero attached hydrogens (tertiary/aromatic N) is 4. The van der Waals surface area contributed by atoms with E-state index in [4.69, 9.17) is 4.74 Å². The van der Waals surface area contributed by atoms with Crippen LogP contribution in [-0.4, -0.2) is 68.9 Å². The number of likely N-dealkylation sites (tertiary alicyclic amines) is 1. The standard InChI is InChI=1S/C29H29N5O6/c1-20-8-10-21(11-9-20)28(37)33-25(26(35)31-18-23-6-2-3-14-30-23)19-40-29(33)12-15-32(16-13-29)27(36)22-5-4-7-24(17-22)34(38)39/h2-11,14,17,25H,12-13,15-16,18-19H2,1H3,(H,31,35). The number of ether oxygens (including phenoxy) is 1. The molecule has 1 unspecified atom stereocenters. The second kappa shape index (κ2) is 11.2. The van der Waals surface area contributed by atoms with Crippen molar-refractivity contribution < 1.29 is 24.0 Å². The monoisotopic (exact) mass is 543 g/mol. The van der Waals surface area contributed by atoms with Crippen LogP contribution >= 0.6 is 0 Å². The van der Waals surface area contributed by atoms with Crippen LogP contribution in [0.4, 0.5) is 5.69 Å². The van der Waals surface area contributed by atoms with E-state index in [1.165, 1.54) is 23.1 Å². The number of amides is 3. The Kier molecular flexibility index (Phi) is 7.56. The molecule has 0 saturated carbocycles. The van der Waals surface area contributed by atoms with Crippen LogP contribution < -0.4 is 5.32 Å². The fraction of sp³-hybridized carbons (Fsp3) is 0.310. The molecule has 0 bridgehead atoms. The summed E-state index contributed by atoms with van der Waals surface area (Å²) in [4.78, 5) is 58.4. The Bertz CT molecular complexity index is 1420. The maximum atomic E-state index is 13.9. The number of nitro groups is 1. The molecule has 2 saturated heterocycles. The number of piperidine rings is 1. The third-order valence-corrected chi connectivity index (χ3v) is 7.39. The van der Waals surface area contributed by atoms with Gasteiger partial charge in [-0.2, -0.15) is 0 Å². The minimum absolute atomic E-state index is 0.0183. The van der Waals surface area contributed by atoms with Crippen molar-refractivity contribution in [1.82, 2.24) is 20.1 Å². The van der Waals surface area contributed by atoms with E-state index in [0.717, 1.165) is 5.56 Å². The lowest BCUT2D eigenvalue weighted by Crippen LogP contribution is -2.59. The van der Waals surface area contributed by atoms with Crippen molar-refractivity contribution in [3.8, 4) is 0 Å². The van der Waals surface area contributed by atoms with Gasteiger partial charge in [0.2, 0.25) is 5.91 Å². The highest BCUT2D eigenvalue weighted by atomic mass is 16.6. The molecule has 1 N–H and O–H groups in total. The first-order valence-corrected chi connectivity index (χ1v) is 13.0. The topological polar surface area (TPSA) is 135 Å². The maximum Gasteiger partial charge on any atom is 0.270 e. The normalized spacial score (nSPS) is 18.0. The highest BCUT2D eigenvalue weighted by Gasteiger charge is 2.54. The molecule has 3 heterocycles. The van der Waals surface area contributed by atoms with E-state index in [9.17, 15) is 24.5 Å². The van der Waals surface area contributed by atoms with Crippen LogP contribution in [0.3, 0.4) is 0 Å². The summed E-state index contributed by atoms with van der Waals surface area (Å²) >= 11 is 0. The molecule has 2 aliphatic rings. The van der Waals surface area contributed by atoms with E-state index in [0.29, 0.717) is 11.3 Å². The van der Waals surface area contributed by atoms with E-state index in [2.05, 4.69) is 10.3 Å². The largest absolute Gasteiger partial charge is 0.353 e. The second-order valence-corrected chi connectivity index (χ2v) is 9.95. The first-order chi connectivity index (χ1) is 19.3. The molecule has 2 aromatic carbocycles. The zero-order chi connectivity index (χ0) is 28.3. The zero-order valence-corrected chi connectivity index (χ0v) is 22.0. The van der Waals surface area contributed by atoms with Crippen molar-refractivity contribution in [3.05, 3.63) is 105 Å². The number of aromatic nitrogens is 1. The highest BCUT2D eigenvalue weighted by Crippen LogP contribution is 2.39. The Hall–Kier alpha value is -4.64. The Morgan fingerprint density at radius 1 is 1.02 bits per heavy atom. The molecule has 11 heteroatoms. The van der Waals surface area contributed by atoms with Crippen molar-refractivity contribution in [2.24, 2.45) is 0 Å². The molecule has 1 spiro atoms. The Morgan fingerprint density at radius 3 is 2.45 bits per heavy atom. The second-order valence-electron chi connectivity index (χ2n) is 9.95. The van der Waals surface area contributed by atoms with E-state index in [1.807, 2.05) is 25.1 Å². The quantitative estimate of drug-likeness (QED) is 0.373. The predicted molar refractivity (Wildman–Crippen MR) is 144 cm³/mol. The lowest BCUT2D eigenvalue weighted by molar-refractivity contribution is -0.384. The first-order valence-electron chi connectivity index (χ1n) is 13.0. The van der Waals surface area contributed by atoms with Gasteiger partial charge >= 0.3 is 0 Å². The van der Waals surface area contributed by atoms with Crippen LogP contribution in [0.15, 0.2) is 72.9 Å². The number of benzene rings is 2. The number of carbonyl (C=O) groups is 3. The molecule has 1 aromatic heterocycles. The fourth-order valence-electron chi connectivity index (χ4n) is 5.19. The maximum absolute atomic E-state index is 13.9. The lowest BCUT2D eigenvalue weighted by atomic mass is 9.96. The molecule has 206 valence electrons. The van der Waals surface area contributed by atoms with E-state index < -0.39 is 16.7 Å². The van der Waals surface area contributed by atoms with Gasteiger partial charge in [0, 0.05) is 55.4 Å². The number of pyridine rings is 1. The van der Waals surface area contributed by atoms with Crippen LogP contribution in [0.2, 0.25) is 0 Å². The van der Waals surface area contributed by atoms with E-state index in [1.54, 1.807) is 41.4 Å². The first kappa shape index (κ1) is 26.9. The predicted octanol–water partition coefficient (Wildman–Crippen LogP) is 3.09. The van der Waals surface area contributed by atoms with Crippen LogP contribution in [0.1, 0.15) is 44.8 Å². The summed E-state index contributed by atoms with van der Waals surface area (Å²) in [6.07, 6.45) is 2.22. The minimum atomic E-state index is -1.07. The van der Waals surface area contributed by atoms with Gasteiger partial charge in [-0.25, -0.2) is 0 Å². The summed E-state index contributed by atoms with van der Waals surface area (Å²) < 4.78 is 6.23. The molecular weight excluding hydrogens is 514 g/mol. The van der Waals surface area contributed by atoms with Gasteiger partial charge in [0.15, 0.2) is 0 Å². The molecular formula is C29H29N5O6. The van der Waals surface area contributed by atoms with Gasteiger partial charge in [0.05, 0.1) is 23.8 Å².